The third-order valence-corrected chi connectivity index (χ3v) is 8.39. The maximum atomic E-state index is 11.5. The fraction of sp³-hybridized carbons (Fsp3) is 0.375. The Morgan fingerprint density at radius 1 is 1.00 bits per heavy atom. The number of aromatic hydroxyl groups is 1. The molecule has 6 heteroatoms. The van der Waals surface area contributed by atoms with E-state index in [0.717, 1.165) is 80.0 Å². The van der Waals surface area contributed by atoms with Crippen molar-refractivity contribution in [2.45, 2.75) is 57.8 Å². The van der Waals surface area contributed by atoms with Gasteiger partial charge in [-0.1, -0.05) is 47.5 Å². The van der Waals surface area contributed by atoms with Gasteiger partial charge in [0.15, 0.2) is 0 Å². The van der Waals surface area contributed by atoms with E-state index >= 15 is 0 Å². The van der Waals surface area contributed by atoms with Crippen molar-refractivity contribution in [3.05, 3.63) is 98.8 Å². The zero-order valence-corrected chi connectivity index (χ0v) is 22.9. The molecule has 0 radical (unpaired) electrons. The lowest BCUT2D eigenvalue weighted by Crippen LogP contribution is -2.32. The highest BCUT2D eigenvalue weighted by Crippen LogP contribution is 2.39. The van der Waals surface area contributed by atoms with Crippen LogP contribution in [0.15, 0.2) is 60.3 Å². The molecule has 0 unspecified atom stereocenters. The highest BCUT2D eigenvalue weighted by Gasteiger charge is 2.29. The Balaban J connectivity index is 1.26. The number of fused-ring (bicyclic) bond motifs is 2. The molecule has 2 aliphatic rings. The van der Waals surface area contributed by atoms with Gasteiger partial charge < -0.3 is 15.1 Å². The van der Waals surface area contributed by atoms with Gasteiger partial charge >= 0.3 is 5.97 Å². The fourth-order valence-corrected chi connectivity index (χ4v) is 5.89. The SMILES string of the molecule is CC(C)(C(=O)O)c1ccc(CCCN2CCC(=C3c4ccc(Cl)cc4CCc4cc(O)cnc43)CC2)cc1. The molecule has 0 bridgehead atoms. The minimum atomic E-state index is -0.876. The van der Waals surface area contributed by atoms with Crippen LogP contribution in [-0.4, -0.2) is 45.7 Å². The average Bonchev–Trinajstić information content (AvgIpc) is 3.05. The number of benzene rings is 2. The molecule has 2 N–H and O–H groups in total. The highest BCUT2D eigenvalue weighted by molar-refractivity contribution is 6.30. The van der Waals surface area contributed by atoms with Crippen LogP contribution in [0.3, 0.4) is 0 Å². The Hall–Kier alpha value is -3.15. The molecule has 1 aromatic heterocycles. The smallest absolute Gasteiger partial charge is 0.313 e. The van der Waals surface area contributed by atoms with Crippen molar-refractivity contribution < 1.29 is 15.0 Å². The molecule has 3 aromatic rings. The zero-order valence-electron chi connectivity index (χ0n) is 22.1. The lowest BCUT2D eigenvalue weighted by Gasteiger charge is -2.30. The van der Waals surface area contributed by atoms with Crippen LogP contribution in [0.25, 0.3) is 5.57 Å². The summed E-state index contributed by atoms with van der Waals surface area (Å²) in [5.74, 6) is -0.592. The van der Waals surface area contributed by atoms with Gasteiger partial charge in [-0.15, -0.1) is 0 Å². The second kappa shape index (κ2) is 10.9. The summed E-state index contributed by atoms with van der Waals surface area (Å²) in [5, 5.41) is 20.3. The van der Waals surface area contributed by atoms with Gasteiger partial charge in [-0.3, -0.25) is 9.78 Å². The molecule has 2 heterocycles. The molecular formula is C32H35ClN2O3. The van der Waals surface area contributed by atoms with E-state index in [1.165, 1.54) is 27.8 Å². The van der Waals surface area contributed by atoms with E-state index in [-0.39, 0.29) is 5.75 Å². The van der Waals surface area contributed by atoms with Crippen molar-refractivity contribution in [1.29, 1.82) is 0 Å². The second-order valence-electron chi connectivity index (χ2n) is 11.1. The zero-order chi connectivity index (χ0) is 26.9. The molecule has 5 nitrogen and oxygen atoms in total. The normalized spacial score (nSPS) is 16.1. The van der Waals surface area contributed by atoms with E-state index in [4.69, 9.17) is 16.6 Å². The molecule has 1 saturated heterocycles. The number of rotatable bonds is 6. The number of likely N-dealkylation sites (tertiary alicyclic amines) is 1. The fourth-order valence-electron chi connectivity index (χ4n) is 5.70. The topological polar surface area (TPSA) is 73.7 Å². The number of piperidine rings is 1. The van der Waals surface area contributed by atoms with Crippen LogP contribution < -0.4 is 0 Å². The number of pyridine rings is 1. The summed E-state index contributed by atoms with van der Waals surface area (Å²) >= 11 is 6.35. The lowest BCUT2D eigenvalue weighted by atomic mass is 9.84. The minimum Gasteiger partial charge on any atom is -0.506 e. The number of aliphatic carboxylic acids is 1. The molecule has 0 saturated carbocycles. The van der Waals surface area contributed by atoms with E-state index in [9.17, 15) is 15.0 Å². The number of carboxylic acids is 1. The summed E-state index contributed by atoms with van der Waals surface area (Å²) < 4.78 is 0. The van der Waals surface area contributed by atoms with Crippen molar-refractivity contribution in [2.75, 3.05) is 19.6 Å². The third kappa shape index (κ3) is 5.50. The van der Waals surface area contributed by atoms with E-state index in [2.05, 4.69) is 29.2 Å². The molecule has 0 atom stereocenters. The first kappa shape index (κ1) is 26.5. The van der Waals surface area contributed by atoms with Crippen molar-refractivity contribution in [2.24, 2.45) is 0 Å². The molecule has 1 fully saturated rings. The van der Waals surface area contributed by atoms with Crippen molar-refractivity contribution in [3.63, 3.8) is 0 Å². The Labute approximate surface area is 229 Å². The molecule has 0 amide bonds. The maximum absolute atomic E-state index is 11.5. The summed E-state index contributed by atoms with van der Waals surface area (Å²) in [4.78, 5) is 18.8. The standard InChI is InChI=1S/C32H35ClN2O3/c1-32(2,31(37)38)25-9-5-21(6-10-25)4-3-15-35-16-13-22(14-17-35)29-28-12-11-26(33)18-23(28)7-8-24-19-27(36)20-34-30(24)29/h5-6,9-12,18-20,36H,3-4,7-8,13-17H2,1-2H3,(H,37,38). The Bertz CT molecular complexity index is 1310. The number of halogens is 1. The average molecular weight is 531 g/mol. The predicted molar refractivity (Wildman–Crippen MR) is 152 cm³/mol. The number of hydrogen-bond donors (Lipinski definition) is 2. The molecule has 2 aromatic carbocycles. The highest BCUT2D eigenvalue weighted by atomic mass is 35.5. The number of hydrogen-bond acceptors (Lipinski definition) is 4. The quantitative estimate of drug-likeness (QED) is 0.384. The number of carbonyl (C=O) groups is 1. The summed E-state index contributed by atoms with van der Waals surface area (Å²) in [5.41, 5.74) is 8.44. The predicted octanol–water partition coefficient (Wildman–Crippen LogP) is 6.43. The monoisotopic (exact) mass is 530 g/mol. The Morgan fingerprint density at radius 3 is 2.42 bits per heavy atom. The lowest BCUT2D eigenvalue weighted by molar-refractivity contribution is -0.142. The first-order chi connectivity index (χ1) is 18.2. The van der Waals surface area contributed by atoms with E-state index in [0.29, 0.717) is 0 Å². The molecule has 0 spiro atoms. The Morgan fingerprint density at radius 2 is 1.71 bits per heavy atom. The van der Waals surface area contributed by atoms with Crippen LogP contribution in [0.5, 0.6) is 5.75 Å². The molecule has 38 heavy (non-hydrogen) atoms. The van der Waals surface area contributed by atoms with Gasteiger partial charge in [0.25, 0.3) is 0 Å². The van der Waals surface area contributed by atoms with Gasteiger partial charge in [0.1, 0.15) is 5.75 Å². The van der Waals surface area contributed by atoms with Gasteiger partial charge in [0.2, 0.25) is 0 Å². The maximum Gasteiger partial charge on any atom is 0.313 e. The van der Waals surface area contributed by atoms with E-state index in [1.54, 1.807) is 20.0 Å². The van der Waals surface area contributed by atoms with Gasteiger partial charge in [0, 0.05) is 23.7 Å². The van der Waals surface area contributed by atoms with Crippen LogP contribution in [-0.2, 0) is 29.5 Å². The summed E-state index contributed by atoms with van der Waals surface area (Å²) in [6.45, 7) is 6.55. The van der Waals surface area contributed by atoms with Crippen LogP contribution in [0.4, 0.5) is 0 Å². The second-order valence-corrected chi connectivity index (χ2v) is 11.5. The van der Waals surface area contributed by atoms with Gasteiger partial charge in [-0.25, -0.2) is 0 Å². The number of nitrogens with zero attached hydrogens (tertiary/aromatic N) is 2. The molecule has 5 rings (SSSR count). The van der Waals surface area contributed by atoms with Gasteiger partial charge in [-0.05, 0) is 105 Å². The summed E-state index contributed by atoms with van der Waals surface area (Å²) in [6, 6.07) is 16.1. The summed E-state index contributed by atoms with van der Waals surface area (Å²) in [7, 11) is 0. The Kier molecular flexibility index (Phi) is 7.60. The van der Waals surface area contributed by atoms with Crippen molar-refractivity contribution >= 4 is 23.1 Å². The number of carboxylic acid groups (broad SMARTS) is 1. The first-order valence-electron chi connectivity index (χ1n) is 13.5. The van der Waals surface area contributed by atoms with Gasteiger partial charge in [0.05, 0.1) is 17.3 Å². The molecular weight excluding hydrogens is 496 g/mol. The van der Waals surface area contributed by atoms with E-state index < -0.39 is 11.4 Å². The van der Waals surface area contributed by atoms with Crippen LogP contribution >= 0.6 is 11.6 Å². The van der Waals surface area contributed by atoms with Crippen LogP contribution in [0.2, 0.25) is 5.02 Å². The van der Waals surface area contributed by atoms with Crippen molar-refractivity contribution in [3.8, 4) is 5.75 Å². The molecule has 1 aliphatic carbocycles. The number of aryl methyl sites for hydroxylation is 3. The largest absolute Gasteiger partial charge is 0.506 e. The summed E-state index contributed by atoms with van der Waals surface area (Å²) in [6.07, 6.45) is 7.32. The third-order valence-electron chi connectivity index (χ3n) is 8.15. The van der Waals surface area contributed by atoms with Gasteiger partial charge in [-0.2, -0.15) is 0 Å². The first-order valence-corrected chi connectivity index (χ1v) is 13.8. The van der Waals surface area contributed by atoms with E-state index in [1.807, 2.05) is 24.3 Å². The van der Waals surface area contributed by atoms with Crippen molar-refractivity contribution in [1.82, 2.24) is 9.88 Å². The van der Waals surface area contributed by atoms with Crippen LogP contribution in [0, 0.1) is 0 Å². The number of aromatic nitrogens is 1. The molecule has 198 valence electrons. The molecule has 1 aliphatic heterocycles. The van der Waals surface area contributed by atoms with Crippen LogP contribution in [0.1, 0.15) is 66.6 Å². The minimum absolute atomic E-state index is 0.215.